The molecule has 0 atom stereocenters. The van der Waals surface area contributed by atoms with E-state index in [4.69, 9.17) is 0 Å². The van der Waals surface area contributed by atoms with Gasteiger partial charge in [-0.15, -0.1) is 11.3 Å². The van der Waals surface area contributed by atoms with Gasteiger partial charge in [0.2, 0.25) is 5.78 Å². The molecule has 220 valence electrons. The number of carbonyl (C=O) groups excluding carboxylic acids is 2. The van der Waals surface area contributed by atoms with E-state index >= 15 is 0 Å². The van der Waals surface area contributed by atoms with Gasteiger partial charge in [-0.1, -0.05) is 59.7 Å². The van der Waals surface area contributed by atoms with Gasteiger partial charge in [0.25, 0.3) is 0 Å². The zero-order valence-electron chi connectivity index (χ0n) is 25.9. The van der Waals surface area contributed by atoms with Crippen molar-refractivity contribution in [3.63, 3.8) is 0 Å². The number of ketones is 2. The van der Waals surface area contributed by atoms with Gasteiger partial charge in [-0.2, -0.15) is 0 Å². The average Bonchev–Trinajstić information content (AvgIpc) is 3.56. The molecule has 2 aromatic carbocycles. The molecule has 5 nitrogen and oxygen atoms in total. The molecule has 44 heavy (non-hydrogen) atoms. The first-order valence-corrected chi connectivity index (χ1v) is 15.5. The second-order valence-corrected chi connectivity index (χ2v) is 14.3. The largest absolute Gasteiger partial charge is 0.309 e. The maximum absolute atomic E-state index is 12.8. The molecule has 0 unspecified atom stereocenters. The molecule has 0 radical (unpaired) electrons. The first-order chi connectivity index (χ1) is 20.9. The van der Waals surface area contributed by atoms with Crippen LogP contribution in [0.25, 0.3) is 16.5 Å². The minimum atomic E-state index is -0.314. The third-order valence-electron chi connectivity index (χ3n) is 7.89. The number of nitrogens with zero attached hydrogens (tertiary/aromatic N) is 3. The number of Topliss-reactive ketones (excluding diaryl/α,β-unsaturated/α-hetero) is 2. The fourth-order valence-electron chi connectivity index (χ4n) is 5.32. The number of pyridine rings is 2. The molecule has 0 spiro atoms. The van der Waals surface area contributed by atoms with Gasteiger partial charge in [0, 0.05) is 33.5 Å². The van der Waals surface area contributed by atoms with Gasteiger partial charge in [0.05, 0.1) is 23.0 Å². The number of anilines is 3. The summed E-state index contributed by atoms with van der Waals surface area (Å²) in [5.41, 5.74) is 7.47. The highest BCUT2D eigenvalue weighted by Crippen LogP contribution is 2.41. The topological polar surface area (TPSA) is 63.2 Å². The summed E-state index contributed by atoms with van der Waals surface area (Å²) in [6.07, 6.45) is 6.92. The lowest BCUT2D eigenvalue weighted by Gasteiger charge is -2.31. The van der Waals surface area contributed by atoms with Crippen LogP contribution in [0.3, 0.4) is 0 Å². The number of hydrogen-bond donors (Lipinski definition) is 0. The lowest BCUT2D eigenvalue weighted by atomic mass is 9.80. The normalized spacial score (nSPS) is 14.3. The molecular weight excluding hydrogens is 563 g/mol. The van der Waals surface area contributed by atoms with Crippen LogP contribution in [0.15, 0.2) is 103 Å². The number of hydrogen-bond acceptors (Lipinski definition) is 6. The van der Waals surface area contributed by atoms with Gasteiger partial charge < -0.3 is 4.90 Å². The van der Waals surface area contributed by atoms with Crippen LogP contribution in [0.2, 0.25) is 0 Å². The zero-order valence-corrected chi connectivity index (χ0v) is 26.7. The second-order valence-electron chi connectivity index (χ2n) is 13.2. The van der Waals surface area contributed by atoms with Crippen LogP contribution in [-0.2, 0) is 10.8 Å². The van der Waals surface area contributed by atoms with Crippen LogP contribution >= 0.6 is 11.3 Å². The zero-order chi connectivity index (χ0) is 31.2. The van der Waals surface area contributed by atoms with Crippen LogP contribution in [0.4, 0.5) is 17.1 Å². The maximum atomic E-state index is 12.8. The summed E-state index contributed by atoms with van der Waals surface area (Å²) in [4.78, 5) is 38.4. The Morgan fingerprint density at radius 2 is 1.39 bits per heavy atom. The Morgan fingerprint density at radius 3 is 2.00 bits per heavy atom. The van der Waals surface area contributed by atoms with Gasteiger partial charge in [0.1, 0.15) is 5.69 Å². The highest BCUT2D eigenvalue weighted by Gasteiger charge is 2.34. The summed E-state index contributed by atoms with van der Waals surface area (Å²) in [5.74, 6) is -0.580. The first kappa shape index (κ1) is 29.4. The minimum Gasteiger partial charge on any atom is -0.309 e. The van der Waals surface area contributed by atoms with E-state index in [0.717, 1.165) is 32.4 Å². The number of thiophene rings is 1. The van der Waals surface area contributed by atoms with Crippen molar-refractivity contribution in [3.8, 4) is 10.4 Å². The van der Waals surface area contributed by atoms with Gasteiger partial charge in [-0.3, -0.25) is 19.6 Å². The molecule has 6 heteroatoms. The predicted molar refractivity (Wildman–Crippen MR) is 181 cm³/mol. The SMILES string of the molecule is CC(C)(C)c1cc(N(c2ccc(-c3ccc(/C=C4\C(=O)c5cccnc5C4=O)s3)cc2)c2cccnc2)cc(C(C)(C)C)c1. The molecular formula is C38H35N3O2S. The fraction of sp³-hybridized carbons (Fsp3) is 0.211. The van der Waals surface area contributed by atoms with Crippen molar-refractivity contribution in [1.82, 2.24) is 9.97 Å². The summed E-state index contributed by atoms with van der Waals surface area (Å²) >= 11 is 1.55. The molecule has 6 rings (SSSR count). The highest BCUT2D eigenvalue weighted by atomic mass is 32.1. The van der Waals surface area contributed by atoms with E-state index in [9.17, 15) is 9.59 Å². The Labute approximate surface area is 263 Å². The molecule has 5 aromatic rings. The van der Waals surface area contributed by atoms with Gasteiger partial charge in [-0.05, 0) is 94.3 Å². The number of aromatic nitrogens is 2. The van der Waals surface area contributed by atoms with Crippen molar-refractivity contribution in [2.45, 2.75) is 52.4 Å². The van der Waals surface area contributed by atoms with Crippen LogP contribution in [-0.4, -0.2) is 21.5 Å². The van der Waals surface area contributed by atoms with E-state index in [-0.39, 0.29) is 33.7 Å². The highest BCUT2D eigenvalue weighted by molar-refractivity contribution is 7.16. The molecule has 0 saturated carbocycles. The van der Waals surface area contributed by atoms with Crippen molar-refractivity contribution in [3.05, 3.63) is 130 Å². The van der Waals surface area contributed by atoms with Crippen molar-refractivity contribution < 1.29 is 9.59 Å². The minimum absolute atomic E-state index is 0.0142. The van der Waals surface area contributed by atoms with Crippen molar-refractivity contribution in [2.24, 2.45) is 0 Å². The van der Waals surface area contributed by atoms with E-state index in [1.807, 2.05) is 24.4 Å². The molecule has 0 fully saturated rings. The molecule has 0 N–H and O–H groups in total. The summed E-state index contributed by atoms with van der Waals surface area (Å²) in [6, 6.07) is 26.8. The third kappa shape index (κ3) is 5.65. The van der Waals surface area contributed by atoms with Crippen molar-refractivity contribution in [1.29, 1.82) is 0 Å². The van der Waals surface area contributed by atoms with Crippen molar-refractivity contribution in [2.75, 3.05) is 4.90 Å². The lowest BCUT2D eigenvalue weighted by molar-refractivity contribution is 0.0989. The third-order valence-corrected chi connectivity index (χ3v) is 8.97. The molecule has 0 aliphatic heterocycles. The van der Waals surface area contributed by atoms with E-state index in [1.54, 1.807) is 41.9 Å². The maximum Gasteiger partial charge on any atom is 0.216 e. The van der Waals surface area contributed by atoms with E-state index in [0.29, 0.717) is 5.56 Å². The van der Waals surface area contributed by atoms with Crippen LogP contribution in [0.1, 0.15) is 78.4 Å². The van der Waals surface area contributed by atoms with Crippen LogP contribution < -0.4 is 4.90 Å². The summed E-state index contributed by atoms with van der Waals surface area (Å²) in [5, 5.41) is 0. The Bertz CT molecular complexity index is 1840. The molecule has 0 saturated heterocycles. The molecule has 3 aromatic heterocycles. The Kier molecular flexibility index (Phi) is 7.42. The Balaban J connectivity index is 1.35. The van der Waals surface area contributed by atoms with Crippen LogP contribution in [0.5, 0.6) is 0 Å². The monoisotopic (exact) mass is 597 g/mol. The van der Waals surface area contributed by atoms with Gasteiger partial charge in [-0.25, -0.2) is 0 Å². The van der Waals surface area contributed by atoms with Gasteiger partial charge >= 0.3 is 0 Å². The summed E-state index contributed by atoms with van der Waals surface area (Å²) in [7, 11) is 0. The molecule has 0 bridgehead atoms. The molecule has 0 amide bonds. The number of carbonyl (C=O) groups is 2. The predicted octanol–water partition coefficient (Wildman–Crippen LogP) is 9.73. The number of fused-ring (bicyclic) bond motifs is 1. The van der Waals surface area contributed by atoms with Crippen molar-refractivity contribution >= 4 is 46.0 Å². The molecule has 1 aliphatic carbocycles. The first-order valence-electron chi connectivity index (χ1n) is 14.7. The van der Waals surface area contributed by atoms with Gasteiger partial charge in [0.15, 0.2) is 5.78 Å². The average molecular weight is 598 g/mol. The second kappa shape index (κ2) is 11.1. The number of rotatable bonds is 5. The standard InChI is InChI=1S/C38H35N3O2S/c1-37(2,3)25-19-26(38(4,5)6)21-29(20-25)41(28-9-7-17-39-23-28)27-13-11-24(12-14-27)33-16-15-30(44-33)22-32-35(42)31-10-8-18-40-34(31)36(32)43/h7-23H,1-6H3/b32-22+. The lowest BCUT2D eigenvalue weighted by Crippen LogP contribution is -2.19. The quantitative estimate of drug-likeness (QED) is 0.149. The molecule has 1 aliphatic rings. The number of benzene rings is 2. The Hall–Kier alpha value is -4.68. The number of allylic oxidation sites excluding steroid dienone is 1. The summed E-state index contributed by atoms with van der Waals surface area (Å²) in [6.45, 7) is 13.5. The molecule has 3 heterocycles. The van der Waals surface area contributed by atoms with Crippen LogP contribution in [0, 0.1) is 0 Å². The fourth-order valence-corrected chi connectivity index (χ4v) is 6.28. The van der Waals surface area contributed by atoms with E-state index < -0.39 is 0 Å². The smallest absolute Gasteiger partial charge is 0.216 e. The van der Waals surface area contributed by atoms with E-state index in [1.165, 1.54) is 11.1 Å². The Morgan fingerprint density at radius 1 is 0.705 bits per heavy atom. The van der Waals surface area contributed by atoms with E-state index in [2.05, 4.69) is 105 Å². The summed E-state index contributed by atoms with van der Waals surface area (Å²) < 4.78 is 0.